The summed E-state index contributed by atoms with van der Waals surface area (Å²) in [4.78, 5) is 4.04. The highest BCUT2D eigenvalue weighted by Crippen LogP contribution is 2.68. The van der Waals surface area contributed by atoms with Crippen molar-refractivity contribution in [1.29, 1.82) is 21.2 Å². The Morgan fingerprint density at radius 1 is 0.903 bits per heavy atom. The van der Waals surface area contributed by atoms with E-state index < -0.39 is 28.6 Å². The van der Waals surface area contributed by atoms with Crippen LogP contribution in [0.2, 0.25) is 0 Å². The molecule has 4 atom stereocenters. The van der Waals surface area contributed by atoms with Gasteiger partial charge in [0.25, 0.3) is 0 Å². The largest absolute Gasteiger partial charge is 0.447 e. The van der Waals surface area contributed by atoms with Crippen molar-refractivity contribution >= 4 is 5.90 Å². The second-order valence-electron chi connectivity index (χ2n) is 8.89. The smallest absolute Gasteiger partial charge is 0.218 e. The van der Waals surface area contributed by atoms with Crippen molar-refractivity contribution in [2.45, 2.75) is 76.1 Å². The molecule has 7 heteroatoms. The molecule has 3 saturated heterocycles. The lowest BCUT2D eigenvalue weighted by Gasteiger charge is -2.62. The molecule has 0 aromatic carbocycles. The lowest BCUT2D eigenvalue weighted by atomic mass is 9.49. The number of nitrogens with one attached hydrogen (secondary N) is 1. The molecule has 1 spiro atoms. The summed E-state index contributed by atoms with van der Waals surface area (Å²) in [6, 6.07) is 10.1. The molecule has 4 aliphatic rings. The van der Waals surface area contributed by atoms with Crippen LogP contribution in [-0.2, 0) is 9.47 Å². The van der Waals surface area contributed by atoms with Crippen molar-refractivity contribution in [3.63, 3.8) is 0 Å². The summed E-state index contributed by atoms with van der Waals surface area (Å²) in [7, 11) is 0. The number of hydrogen-bond acceptors (Lipinski definition) is 7. The van der Waals surface area contributed by atoms with Gasteiger partial charge >= 0.3 is 0 Å². The first-order valence-electron chi connectivity index (χ1n) is 11.2. The molecule has 1 N–H and O–H groups in total. The SMILES string of the molecule is N#CC1(C#N)[C@@H]2CCCCCCCCCC[C@]23OC(=N)[C@@]1(C#N)[C@@H](c1ccncc1)O3. The van der Waals surface area contributed by atoms with Crippen molar-refractivity contribution in [2.24, 2.45) is 16.7 Å². The maximum absolute atomic E-state index is 10.4. The number of ether oxygens (including phenoxy) is 2. The van der Waals surface area contributed by atoms with Crippen LogP contribution in [0, 0.1) is 56.2 Å². The first kappa shape index (κ1) is 21.3. The van der Waals surface area contributed by atoms with Crippen molar-refractivity contribution in [3.8, 4) is 18.2 Å². The summed E-state index contributed by atoms with van der Waals surface area (Å²) < 4.78 is 12.7. The summed E-state index contributed by atoms with van der Waals surface area (Å²) in [5.74, 6) is -2.18. The Morgan fingerprint density at radius 3 is 2.13 bits per heavy atom. The lowest BCUT2D eigenvalue weighted by molar-refractivity contribution is -0.355. The van der Waals surface area contributed by atoms with Gasteiger partial charge < -0.3 is 9.47 Å². The zero-order chi connectivity index (χ0) is 22.0. The van der Waals surface area contributed by atoms with Crippen LogP contribution in [-0.4, -0.2) is 16.7 Å². The molecule has 3 aliphatic heterocycles. The quantitative estimate of drug-likeness (QED) is 0.690. The summed E-state index contributed by atoms with van der Waals surface area (Å²) in [6.07, 6.45) is 11.6. The van der Waals surface area contributed by atoms with Gasteiger partial charge in [-0.1, -0.05) is 44.9 Å². The third-order valence-corrected chi connectivity index (χ3v) is 7.33. The first-order valence-corrected chi connectivity index (χ1v) is 11.2. The molecule has 1 aromatic heterocycles. The summed E-state index contributed by atoms with van der Waals surface area (Å²) in [6.45, 7) is 0. The molecule has 2 bridgehead atoms. The van der Waals surface area contributed by atoms with Crippen molar-refractivity contribution in [3.05, 3.63) is 30.1 Å². The van der Waals surface area contributed by atoms with Crippen LogP contribution in [0.25, 0.3) is 0 Å². The third kappa shape index (κ3) is 3.01. The molecule has 7 nitrogen and oxygen atoms in total. The summed E-state index contributed by atoms with van der Waals surface area (Å²) in [5, 5.41) is 40.0. The number of nitrogens with zero attached hydrogens (tertiary/aromatic N) is 4. The van der Waals surface area contributed by atoms with E-state index in [-0.39, 0.29) is 5.90 Å². The fraction of sp³-hybridized carbons (Fsp3) is 0.625. The molecular weight excluding hydrogens is 390 g/mol. The highest BCUT2D eigenvalue weighted by Gasteiger charge is 2.79. The van der Waals surface area contributed by atoms with Gasteiger partial charge in [-0.25, -0.2) is 0 Å². The number of rotatable bonds is 1. The van der Waals surface area contributed by atoms with Gasteiger partial charge in [0, 0.05) is 18.8 Å². The Hall–Kier alpha value is -2.95. The van der Waals surface area contributed by atoms with Gasteiger partial charge in [-0.05, 0) is 30.5 Å². The maximum Gasteiger partial charge on any atom is 0.218 e. The molecule has 160 valence electrons. The van der Waals surface area contributed by atoms with Gasteiger partial charge in [0.2, 0.25) is 11.7 Å². The molecule has 1 aliphatic carbocycles. The predicted molar refractivity (Wildman–Crippen MR) is 111 cm³/mol. The Balaban J connectivity index is 1.89. The van der Waals surface area contributed by atoms with Crippen LogP contribution < -0.4 is 0 Å². The minimum Gasteiger partial charge on any atom is -0.447 e. The fourth-order valence-corrected chi connectivity index (χ4v) is 5.74. The molecular formula is C24H27N5O2. The first-order chi connectivity index (χ1) is 15.1. The second kappa shape index (κ2) is 8.29. The number of fused-ring (bicyclic) bond motifs is 2. The monoisotopic (exact) mass is 417 g/mol. The Labute approximate surface area is 183 Å². The van der Waals surface area contributed by atoms with Crippen LogP contribution in [0.1, 0.15) is 75.9 Å². The zero-order valence-corrected chi connectivity index (χ0v) is 17.6. The van der Waals surface area contributed by atoms with Gasteiger partial charge in [-0.15, -0.1) is 0 Å². The molecule has 0 amide bonds. The van der Waals surface area contributed by atoms with Gasteiger partial charge in [-0.3, -0.25) is 10.4 Å². The molecule has 31 heavy (non-hydrogen) atoms. The van der Waals surface area contributed by atoms with E-state index >= 15 is 0 Å². The van der Waals surface area contributed by atoms with E-state index in [1.165, 1.54) is 12.8 Å². The van der Waals surface area contributed by atoms with E-state index in [0.29, 0.717) is 18.4 Å². The van der Waals surface area contributed by atoms with E-state index in [2.05, 4.69) is 23.2 Å². The van der Waals surface area contributed by atoms with Crippen LogP contribution >= 0.6 is 0 Å². The number of nitriles is 3. The average Bonchev–Trinajstić information content (AvgIpc) is 2.80. The van der Waals surface area contributed by atoms with Crippen molar-refractivity contribution < 1.29 is 9.47 Å². The topological polar surface area (TPSA) is 127 Å². The molecule has 1 aromatic rings. The van der Waals surface area contributed by atoms with Gasteiger partial charge in [0.15, 0.2) is 10.8 Å². The molecule has 0 unspecified atom stereocenters. The van der Waals surface area contributed by atoms with Crippen LogP contribution in [0.15, 0.2) is 24.5 Å². The third-order valence-electron chi connectivity index (χ3n) is 7.33. The molecule has 0 radical (unpaired) electrons. The van der Waals surface area contributed by atoms with E-state index in [1.54, 1.807) is 24.5 Å². The fourth-order valence-electron chi connectivity index (χ4n) is 5.74. The molecule has 4 heterocycles. The predicted octanol–water partition coefficient (Wildman–Crippen LogP) is 4.93. The number of pyridine rings is 1. The zero-order valence-electron chi connectivity index (χ0n) is 17.6. The maximum atomic E-state index is 10.4. The summed E-state index contributed by atoms with van der Waals surface area (Å²) in [5.41, 5.74) is -2.93. The van der Waals surface area contributed by atoms with E-state index in [1.807, 2.05) is 0 Å². The van der Waals surface area contributed by atoms with E-state index in [9.17, 15) is 15.8 Å². The molecule has 5 rings (SSSR count). The lowest BCUT2D eigenvalue weighted by Crippen LogP contribution is -2.72. The van der Waals surface area contributed by atoms with Crippen molar-refractivity contribution in [2.75, 3.05) is 0 Å². The number of hydrogen-bond donors (Lipinski definition) is 1. The minimum absolute atomic E-state index is 0.325. The molecule has 4 fully saturated rings. The number of aromatic nitrogens is 1. The normalized spacial score (nSPS) is 35.1. The Kier molecular flexibility index (Phi) is 5.69. The van der Waals surface area contributed by atoms with Crippen molar-refractivity contribution in [1.82, 2.24) is 4.98 Å². The molecule has 1 saturated carbocycles. The standard InChI is InChI=1S/C24H27N5O2/c25-15-22(16-26)19-9-7-5-3-1-2-4-6-8-12-24(19)30-20(18-10-13-29-14-11-18)23(22,17-27)21(28)31-24/h10-11,13-14,19-20,28H,1-9,12H2/t19-,20+,23+,24-/m0/s1. The minimum atomic E-state index is -1.83. The second-order valence-corrected chi connectivity index (χ2v) is 8.89. The van der Waals surface area contributed by atoms with Crippen LogP contribution in [0.3, 0.4) is 0 Å². The highest BCUT2D eigenvalue weighted by molar-refractivity contribution is 5.88. The van der Waals surface area contributed by atoms with E-state index in [0.717, 1.165) is 38.5 Å². The van der Waals surface area contributed by atoms with Gasteiger partial charge in [-0.2, -0.15) is 15.8 Å². The Morgan fingerprint density at radius 2 is 1.52 bits per heavy atom. The highest BCUT2D eigenvalue weighted by atomic mass is 16.7. The van der Waals surface area contributed by atoms with Crippen LogP contribution in [0.4, 0.5) is 0 Å². The van der Waals surface area contributed by atoms with Crippen LogP contribution in [0.5, 0.6) is 0 Å². The van der Waals surface area contributed by atoms with Gasteiger partial charge in [0.05, 0.1) is 24.1 Å². The van der Waals surface area contributed by atoms with Gasteiger partial charge in [0.1, 0.15) is 6.10 Å². The Bertz CT molecular complexity index is 945. The summed E-state index contributed by atoms with van der Waals surface area (Å²) >= 11 is 0. The average molecular weight is 418 g/mol. The van der Waals surface area contributed by atoms with E-state index in [4.69, 9.17) is 14.9 Å².